The highest BCUT2D eigenvalue weighted by Gasteiger charge is 2.32. The summed E-state index contributed by atoms with van der Waals surface area (Å²) in [6.45, 7) is 3.48. The van der Waals surface area contributed by atoms with Gasteiger partial charge in [0, 0.05) is 49.0 Å². The van der Waals surface area contributed by atoms with Gasteiger partial charge < -0.3 is 25.8 Å². The van der Waals surface area contributed by atoms with Crippen molar-refractivity contribution in [3.63, 3.8) is 0 Å². The van der Waals surface area contributed by atoms with Gasteiger partial charge in [0.25, 0.3) is 0 Å². The minimum Gasteiger partial charge on any atom is -0.391 e. The summed E-state index contributed by atoms with van der Waals surface area (Å²) in [5.74, 6) is 1.15. The van der Waals surface area contributed by atoms with E-state index in [4.69, 9.17) is 0 Å². The van der Waals surface area contributed by atoms with Crippen LogP contribution in [0.15, 0.2) is 59.9 Å². The molecular weight excluding hydrogens is 334 g/mol. The van der Waals surface area contributed by atoms with E-state index in [-0.39, 0.29) is 0 Å². The number of nitrogens with one attached hydrogen (secondary N) is 3. The average Bonchev–Trinajstić information content (AvgIpc) is 3.17. The molecule has 27 heavy (non-hydrogen) atoms. The Morgan fingerprint density at radius 1 is 1.19 bits per heavy atom. The van der Waals surface area contributed by atoms with Gasteiger partial charge in [-0.25, -0.2) is 0 Å². The van der Waals surface area contributed by atoms with Gasteiger partial charge in [-0.3, -0.25) is 0 Å². The fourth-order valence-electron chi connectivity index (χ4n) is 4.99. The van der Waals surface area contributed by atoms with Crippen LogP contribution in [0.5, 0.6) is 0 Å². The molecule has 0 aromatic heterocycles. The minimum atomic E-state index is 0.299. The van der Waals surface area contributed by atoms with Gasteiger partial charge in [0.05, 0.1) is 0 Å². The lowest BCUT2D eigenvalue weighted by atomic mass is 9.75. The second kappa shape index (κ2) is 7.12. The molecule has 0 radical (unpaired) electrons. The Morgan fingerprint density at radius 2 is 2.07 bits per heavy atom. The van der Waals surface area contributed by atoms with Crippen molar-refractivity contribution in [3.05, 3.63) is 59.9 Å². The zero-order valence-corrected chi connectivity index (χ0v) is 16.2. The van der Waals surface area contributed by atoms with E-state index in [2.05, 4.69) is 69.6 Å². The monoisotopic (exact) mass is 365 g/mol. The van der Waals surface area contributed by atoms with Crippen LogP contribution in [-0.2, 0) is 0 Å². The van der Waals surface area contributed by atoms with Crippen molar-refractivity contribution in [2.45, 2.75) is 37.9 Å². The van der Waals surface area contributed by atoms with E-state index in [1.54, 1.807) is 0 Å². The number of nitrogens with zero attached hydrogens (tertiary/aromatic N) is 2. The first-order chi connectivity index (χ1) is 13.3. The maximum atomic E-state index is 3.93. The molecule has 5 rings (SSSR count). The molecule has 5 nitrogen and oxygen atoms in total. The Morgan fingerprint density at radius 3 is 2.96 bits per heavy atom. The van der Waals surface area contributed by atoms with Gasteiger partial charge in [0.15, 0.2) is 0 Å². The molecule has 3 N–H and O–H groups in total. The first kappa shape index (κ1) is 17.0. The zero-order valence-electron chi connectivity index (χ0n) is 16.2. The quantitative estimate of drug-likeness (QED) is 0.716. The molecule has 4 heterocycles. The lowest BCUT2D eigenvalue weighted by molar-refractivity contribution is 0.240. The molecule has 0 saturated carbocycles. The van der Waals surface area contributed by atoms with Gasteiger partial charge in [0.2, 0.25) is 0 Å². The first-order valence-electron chi connectivity index (χ1n) is 10.5. The van der Waals surface area contributed by atoms with Crippen LogP contribution in [0.2, 0.25) is 0 Å². The summed E-state index contributed by atoms with van der Waals surface area (Å²) < 4.78 is 0. The normalized spacial score (nSPS) is 33.3. The minimum absolute atomic E-state index is 0.299. The maximum Gasteiger partial charge on any atom is 0.122 e. The van der Waals surface area contributed by atoms with Gasteiger partial charge >= 0.3 is 0 Å². The Bertz CT molecular complexity index is 723. The lowest BCUT2D eigenvalue weighted by Gasteiger charge is -2.38. The maximum absolute atomic E-state index is 3.93. The molecule has 0 spiro atoms. The van der Waals surface area contributed by atoms with Crippen LogP contribution in [0.1, 0.15) is 25.7 Å². The predicted octanol–water partition coefficient (Wildman–Crippen LogP) is 2.22. The first-order valence-corrected chi connectivity index (χ1v) is 10.5. The number of hydrogen-bond acceptors (Lipinski definition) is 5. The van der Waals surface area contributed by atoms with Crippen molar-refractivity contribution in [2.75, 3.05) is 26.7 Å². The molecule has 5 heteroatoms. The van der Waals surface area contributed by atoms with Crippen molar-refractivity contribution in [2.24, 2.45) is 11.8 Å². The molecule has 3 unspecified atom stereocenters. The second-order valence-corrected chi connectivity index (χ2v) is 8.55. The summed E-state index contributed by atoms with van der Waals surface area (Å²) in [5.41, 5.74) is 4.31. The van der Waals surface area contributed by atoms with Crippen molar-refractivity contribution in [3.8, 4) is 0 Å². The topological polar surface area (TPSA) is 42.6 Å². The molecule has 4 aliphatic heterocycles. The van der Waals surface area contributed by atoms with Gasteiger partial charge in [-0.1, -0.05) is 12.2 Å². The third kappa shape index (κ3) is 3.41. The Hall–Kier alpha value is -2.14. The molecule has 1 aliphatic carbocycles. The molecule has 5 aliphatic rings. The molecule has 0 bridgehead atoms. The summed E-state index contributed by atoms with van der Waals surface area (Å²) in [6, 6.07) is 0.598. The summed E-state index contributed by atoms with van der Waals surface area (Å²) in [6.07, 6.45) is 21.1. The van der Waals surface area contributed by atoms with E-state index in [1.807, 2.05) is 6.20 Å². The number of fused-ring (bicyclic) bond motifs is 2. The zero-order chi connectivity index (χ0) is 18.2. The molecular formula is C22H31N5. The Balaban J connectivity index is 1.39. The van der Waals surface area contributed by atoms with Crippen LogP contribution >= 0.6 is 0 Å². The van der Waals surface area contributed by atoms with E-state index in [0.29, 0.717) is 24.0 Å². The molecule has 1 fully saturated rings. The molecule has 144 valence electrons. The van der Waals surface area contributed by atoms with Crippen LogP contribution in [0, 0.1) is 11.8 Å². The van der Waals surface area contributed by atoms with Crippen molar-refractivity contribution in [1.82, 2.24) is 25.8 Å². The van der Waals surface area contributed by atoms with E-state index in [1.165, 1.54) is 55.6 Å². The molecule has 0 aromatic carbocycles. The number of hydrogen-bond donors (Lipinski definition) is 3. The lowest BCUT2D eigenvalue weighted by Crippen LogP contribution is -2.42. The molecule has 0 aromatic rings. The van der Waals surface area contributed by atoms with Gasteiger partial charge in [-0.05, 0) is 69.0 Å². The highest BCUT2D eigenvalue weighted by molar-refractivity contribution is 5.42. The fraction of sp³-hybridized carbons (Fsp3) is 0.545. The standard InChI is InChI=1S/C22H31N5/c1-26-9-5-19(6-10-26)25-21-13-18(12-16-4-7-23-14-20(16)21)17-2-3-22-24-8-11-27(22)15-17/h2-3,8,11,13-16,18-19,22-25H,4-7,9-10,12H2,1H3. The van der Waals surface area contributed by atoms with Crippen LogP contribution < -0.4 is 16.0 Å². The molecule has 1 saturated heterocycles. The van der Waals surface area contributed by atoms with Gasteiger partial charge in [0.1, 0.15) is 6.17 Å². The molecule has 3 atom stereocenters. The number of allylic oxidation sites excluding steroid dienone is 4. The van der Waals surface area contributed by atoms with Gasteiger partial charge in [-0.2, -0.15) is 0 Å². The highest BCUT2D eigenvalue weighted by Crippen LogP contribution is 2.40. The van der Waals surface area contributed by atoms with E-state index in [9.17, 15) is 0 Å². The Kier molecular flexibility index (Phi) is 4.48. The third-order valence-corrected chi connectivity index (χ3v) is 6.66. The summed E-state index contributed by atoms with van der Waals surface area (Å²) >= 11 is 0. The smallest absolute Gasteiger partial charge is 0.122 e. The Labute approximate surface area is 162 Å². The van der Waals surface area contributed by atoms with Crippen molar-refractivity contribution < 1.29 is 0 Å². The van der Waals surface area contributed by atoms with Crippen LogP contribution in [0.4, 0.5) is 0 Å². The van der Waals surface area contributed by atoms with Crippen molar-refractivity contribution in [1.29, 1.82) is 0 Å². The van der Waals surface area contributed by atoms with Crippen LogP contribution in [0.25, 0.3) is 0 Å². The van der Waals surface area contributed by atoms with Crippen molar-refractivity contribution >= 4 is 0 Å². The van der Waals surface area contributed by atoms with E-state index >= 15 is 0 Å². The van der Waals surface area contributed by atoms with Crippen LogP contribution in [-0.4, -0.2) is 48.7 Å². The number of rotatable bonds is 3. The summed E-state index contributed by atoms with van der Waals surface area (Å²) in [7, 11) is 2.23. The molecule has 0 amide bonds. The number of piperidine rings is 1. The predicted molar refractivity (Wildman–Crippen MR) is 109 cm³/mol. The highest BCUT2D eigenvalue weighted by atomic mass is 15.3. The average molecular weight is 366 g/mol. The fourth-order valence-corrected chi connectivity index (χ4v) is 4.99. The third-order valence-electron chi connectivity index (χ3n) is 6.66. The second-order valence-electron chi connectivity index (χ2n) is 8.55. The van der Waals surface area contributed by atoms with Gasteiger partial charge in [-0.15, -0.1) is 0 Å². The largest absolute Gasteiger partial charge is 0.391 e. The summed E-state index contributed by atoms with van der Waals surface area (Å²) in [5, 5.41) is 10.8. The summed E-state index contributed by atoms with van der Waals surface area (Å²) in [4.78, 5) is 4.72. The van der Waals surface area contributed by atoms with Crippen LogP contribution in [0.3, 0.4) is 0 Å². The number of likely N-dealkylation sites (tertiary alicyclic amines) is 1. The SMILES string of the molecule is CN1CCC(NC2=CC(C3=CN4C=CNC4C=C3)CC3CCNC=C23)CC1. The van der Waals surface area contributed by atoms with E-state index in [0.717, 1.165) is 6.54 Å². The van der Waals surface area contributed by atoms with E-state index < -0.39 is 0 Å².